The van der Waals surface area contributed by atoms with E-state index in [1.807, 2.05) is 6.92 Å². The number of nitrogens with one attached hydrogen (secondary N) is 1. The molecule has 2 rings (SSSR count). The molecule has 0 saturated carbocycles. The van der Waals surface area contributed by atoms with Crippen LogP contribution in [0.15, 0.2) is 41.8 Å². The second-order valence-corrected chi connectivity index (χ2v) is 5.22. The normalized spacial score (nSPS) is 11.3. The third kappa shape index (κ3) is 3.75. The molecule has 0 radical (unpaired) electrons. The summed E-state index contributed by atoms with van der Waals surface area (Å²) in [7, 11) is 0. The number of rotatable bonds is 4. The van der Waals surface area contributed by atoms with Gasteiger partial charge in [-0.1, -0.05) is 30.1 Å². The van der Waals surface area contributed by atoms with Gasteiger partial charge in [-0.3, -0.25) is 9.78 Å². The molecule has 1 aromatic carbocycles. The Bertz CT molecular complexity index is 718. The number of carbonyl (C=O) groups excluding carboxylic acids is 1. The van der Waals surface area contributed by atoms with Crippen molar-refractivity contribution in [1.29, 1.82) is 0 Å². The fourth-order valence-electron chi connectivity index (χ4n) is 1.80. The zero-order valence-electron chi connectivity index (χ0n) is 11.7. The Kier molecular flexibility index (Phi) is 5.35. The summed E-state index contributed by atoms with van der Waals surface area (Å²) >= 11 is 11.8. The van der Waals surface area contributed by atoms with Crippen LogP contribution >= 0.6 is 23.2 Å². The lowest BCUT2D eigenvalue weighted by molar-refractivity contribution is 0.0954. The van der Waals surface area contributed by atoms with Gasteiger partial charge in [0.1, 0.15) is 5.75 Å². The largest absolute Gasteiger partial charge is 0.506 e. The van der Waals surface area contributed by atoms with Crippen LogP contribution in [0, 0.1) is 0 Å². The number of pyridine rings is 1. The zero-order chi connectivity index (χ0) is 16.1. The monoisotopic (exact) mass is 337 g/mol. The molecule has 0 unspecified atom stereocenters. The molecule has 2 aromatic rings. The molecule has 1 heterocycles. The van der Waals surface area contributed by atoms with Crippen LogP contribution in [0.2, 0.25) is 10.0 Å². The van der Waals surface area contributed by atoms with E-state index in [2.05, 4.69) is 15.5 Å². The number of aromatic nitrogens is 1. The number of amides is 1. The van der Waals surface area contributed by atoms with Gasteiger partial charge in [0.15, 0.2) is 0 Å². The summed E-state index contributed by atoms with van der Waals surface area (Å²) in [6.07, 6.45) is 3.48. The molecule has 1 aromatic heterocycles. The molecule has 0 aliphatic rings. The second-order valence-electron chi connectivity index (χ2n) is 4.38. The van der Waals surface area contributed by atoms with Gasteiger partial charge in [0, 0.05) is 23.0 Å². The summed E-state index contributed by atoms with van der Waals surface area (Å²) in [5.74, 6) is -0.519. The van der Waals surface area contributed by atoms with Crippen molar-refractivity contribution in [3.05, 3.63) is 57.8 Å². The topological polar surface area (TPSA) is 74.6 Å². The van der Waals surface area contributed by atoms with Crippen LogP contribution in [0.25, 0.3) is 0 Å². The highest BCUT2D eigenvalue weighted by Crippen LogP contribution is 2.32. The summed E-state index contributed by atoms with van der Waals surface area (Å²) in [4.78, 5) is 15.8. The molecule has 7 heteroatoms. The summed E-state index contributed by atoms with van der Waals surface area (Å²) in [5, 5.41) is 14.6. The summed E-state index contributed by atoms with van der Waals surface area (Å²) in [5.41, 5.74) is 3.65. The maximum atomic E-state index is 11.9. The number of hydrazone groups is 1. The van der Waals surface area contributed by atoms with Crippen LogP contribution in [0.5, 0.6) is 5.75 Å². The molecule has 114 valence electrons. The van der Waals surface area contributed by atoms with Crippen LogP contribution in [-0.2, 0) is 0 Å². The number of phenolic OH excluding ortho intramolecular Hbond substituents is 1. The fourth-order valence-corrected chi connectivity index (χ4v) is 2.29. The standard InChI is InChI=1S/C15H13Cl2N3O2/c1-2-13(11-6-10(16)7-12(17)14(11)21)19-20-15(22)9-4-3-5-18-8-9/h3-8,21H,2H2,1H3,(H,20,22)/b19-13-. The second kappa shape index (κ2) is 7.24. The highest BCUT2D eigenvalue weighted by Gasteiger charge is 2.13. The third-order valence-electron chi connectivity index (χ3n) is 2.89. The van der Waals surface area contributed by atoms with E-state index in [4.69, 9.17) is 23.2 Å². The molecule has 0 aliphatic heterocycles. The van der Waals surface area contributed by atoms with E-state index in [0.717, 1.165) is 0 Å². The Morgan fingerprint density at radius 2 is 2.18 bits per heavy atom. The van der Waals surface area contributed by atoms with Gasteiger partial charge in [0.05, 0.1) is 16.3 Å². The van der Waals surface area contributed by atoms with Crippen LogP contribution in [0.1, 0.15) is 29.3 Å². The lowest BCUT2D eigenvalue weighted by Gasteiger charge is -2.09. The van der Waals surface area contributed by atoms with Crippen molar-refractivity contribution in [3.63, 3.8) is 0 Å². The number of benzene rings is 1. The molecule has 0 bridgehead atoms. The Hall–Kier alpha value is -2.11. The van der Waals surface area contributed by atoms with Gasteiger partial charge < -0.3 is 5.11 Å². The van der Waals surface area contributed by atoms with Crippen molar-refractivity contribution < 1.29 is 9.90 Å². The first-order chi connectivity index (χ1) is 10.5. The lowest BCUT2D eigenvalue weighted by atomic mass is 10.1. The molecule has 1 amide bonds. The fraction of sp³-hybridized carbons (Fsp3) is 0.133. The molecule has 5 nitrogen and oxygen atoms in total. The van der Waals surface area contributed by atoms with Crippen LogP contribution in [0.3, 0.4) is 0 Å². The van der Waals surface area contributed by atoms with Gasteiger partial charge in [-0.05, 0) is 30.7 Å². The average Bonchev–Trinajstić information content (AvgIpc) is 2.52. The van der Waals surface area contributed by atoms with E-state index in [1.54, 1.807) is 24.4 Å². The highest BCUT2D eigenvalue weighted by molar-refractivity contribution is 6.36. The van der Waals surface area contributed by atoms with E-state index in [0.29, 0.717) is 28.3 Å². The maximum Gasteiger partial charge on any atom is 0.272 e. The van der Waals surface area contributed by atoms with Gasteiger partial charge in [-0.15, -0.1) is 0 Å². The smallest absolute Gasteiger partial charge is 0.272 e. The highest BCUT2D eigenvalue weighted by atomic mass is 35.5. The number of hydrogen-bond acceptors (Lipinski definition) is 4. The van der Waals surface area contributed by atoms with Crippen LogP contribution < -0.4 is 5.43 Å². The Labute approximate surface area is 137 Å². The Morgan fingerprint density at radius 3 is 2.82 bits per heavy atom. The van der Waals surface area contributed by atoms with Gasteiger partial charge in [0.25, 0.3) is 5.91 Å². The van der Waals surface area contributed by atoms with Gasteiger partial charge in [-0.2, -0.15) is 5.10 Å². The first-order valence-electron chi connectivity index (χ1n) is 6.48. The predicted molar refractivity (Wildman–Crippen MR) is 86.7 cm³/mol. The number of halogens is 2. The minimum atomic E-state index is -0.397. The lowest BCUT2D eigenvalue weighted by Crippen LogP contribution is -2.20. The number of nitrogens with zero attached hydrogens (tertiary/aromatic N) is 2. The molecule has 0 saturated heterocycles. The van der Waals surface area contributed by atoms with Crippen LogP contribution in [-0.4, -0.2) is 21.7 Å². The summed E-state index contributed by atoms with van der Waals surface area (Å²) in [6, 6.07) is 6.25. The average molecular weight is 338 g/mol. The molecule has 0 atom stereocenters. The quantitative estimate of drug-likeness (QED) is 0.660. The number of hydrogen-bond donors (Lipinski definition) is 2. The van der Waals surface area contributed by atoms with E-state index in [1.165, 1.54) is 12.3 Å². The first kappa shape index (κ1) is 16.3. The minimum Gasteiger partial charge on any atom is -0.506 e. The minimum absolute atomic E-state index is 0.123. The predicted octanol–water partition coefficient (Wildman–Crippen LogP) is 3.64. The van der Waals surface area contributed by atoms with E-state index < -0.39 is 5.91 Å². The SMILES string of the molecule is CC/C(=N/NC(=O)c1cccnc1)c1cc(Cl)cc(Cl)c1O. The number of carbonyl (C=O) groups is 1. The molecule has 0 fully saturated rings. The molecular weight excluding hydrogens is 325 g/mol. The molecule has 0 aliphatic carbocycles. The van der Waals surface area contributed by atoms with E-state index >= 15 is 0 Å². The van der Waals surface area contributed by atoms with E-state index in [9.17, 15) is 9.90 Å². The van der Waals surface area contributed by atoms with Gasteiger partial charge in [0.2, 0.25) is 0 Å². The zero-order valence-corrected chi connectivity index (χ0v) is 13.2. The first-order valence-corrected chi connectivity index (χ1v) is 7.23. The van der Waals surface area contributed by atoms with Crippen molar-refractivity contribution in [2.45, 2.75) is 13.3 Å². The molecule has 0 spiro atoms. The summed E-state index contributed by atoms with van der Waals surface area (Å²) < 4.78 is 0. The number of phenols is 1. The van der Waals surface area contributed by atoms with Crippen LogP contribution in [0.4, 0.5) is 0 Å². The Balaban J connectivity index is 2.27. The van der Waals surface area contributed by atoms with Gasteiger partial charge >= 0.3 is 0 Å². The molecule has 2 N–H and O–H groups in total. The van der Waals surface area contributed by atoms with E-state index in [-0.39, 0.29) is 10.8 Å². The van der Waals surface area contributed by atoms with Gasteiger partial charge in [-0.25, -0.2) is 5.43 Å². The third-order valence-corrected chi connectivity index (χ3v) is 3.40. The Morgan fingerprint density at radius 1 is 1.41 bits per heavy atom. The number of aromatic hydroxyl groups is 1. The van der Waals surface area contributed by atoms with Crippen molar-refractivity contribution in [2.75, 3.05) is 0 Å². The molecule has 22 heavy (non-hydrogen) atoms. The maximum absolute atomic E-state index is 11.9. The van der Waals surface area contributed by atoms with Crippen molar-refractivity contribution in [1.82, 2.24) is 10.4 Å². The van der Waals surface area contributed by atoms with Crippen molar-refractivity contribution in [2.24, 2.45) is 5.10 Å². The summed E-state index contributed by atoms with van der Waals surface area (Å²) in [6.45, 7) is 1.84. The van der Waals surface area contributed by atoms with Crippen molar-refractivity contribution >= 4 is 34.8 Å². The molecular formula is C15H13Cl2N3O2. The van der Waals surface area contributed by atoms with Crippen molar-refractivity contribution in [3.8, 4) is 5.75 Å².